The number of hydrogen-bond donors (Lipinski definition) is 1. The second-order valence-corrected chi connectivity index (χ2v) is 10.8. The van der Waals surface area contributed by atoms with Crippen LogP contribution < -0.4 is 0 Å². The number of aliphatic hydroxyl groups is 1. The molecule has 0 saturated heterocycles. The Bertz CT molecular complexity index is 459. The molecule has 1 heteroatoms. The molecule has 3 unspecified atom stereocenters. The normalized spacial score (nSPS) is 50.6. The quantitative estimate of drug-likeness (QED) is 0.621. The minimum absolute atomic E-state index is 0.0157. The van der Waals surface area contributed by atoms with Crippen molar-refractivity contribution in [3.63, 3.8) is 0 Å². The summed E-state index contributed by atoms with van der Waals surface area (Å²) in [6, 6.07) is 0. The van der Waals surface area contributed by atoms with E-state index in [0.29, 0.717) is 5.41 Å². The Morgan fingerprint density at radius 2 is 1.76 bits per heavy atom. The highest BCUT2D eigenvalue weighted by atomic mass is 16.3. The Morgan fingerprint density at radius 1 is 0.960 bits per heavy atom. The zero-order valence-electron chi connectivity index (χ0n) is 17.1. The fourth-order valence-electron chi connectivity index (χ4n) is 8.53. The molecule has 4 fully saturated rings. The molecule has 0 aliphatic heterocycles. The molecule has 4 aliphatic rings. The van der Waals surface area contributed by atoms with E-state index in [0.717, 1.165) is 54.3 Å². The fourth-order valence-corrected chi connectivity index (χ4v) is 8.53. The van der Waals surface area contributed by atoms with Crippen LogP contribution in [0.15, 0.2) is 0 Å². The lowest BCUT2D eigenvalue weighted by Gasteiger charge is -2.56. The van der Waals surface area contributed by atoms with E-state index >= 15 is 0 Å². The zero-order chi connectivity index (χ0) is 17.6. The van der Waals surface area contributed by atoms with E-state index in [1.54, 1.807) is 0 Å². The number of aliphatic hydroxyl groups excluding tert-OH is 1. The lowest BCUT2D eigenvalue weighted by molar-refractivity contribution is -0.0821. The van der Waals surface area contributed by atoms with E-state index in [1.807, 2.05) is 0 Å². The summed E-state index contributed by atoms with van der Waals surface area (Å²) >= 11 is 0. The second-order valence-electron chi connectivity index (χ2n) is 10.8. The highest BCUT2D eigenvalue weighted by molar-refractivity contribution is 5.06. The van der Waals surface area contributed by atoms with Crippen LogP contribution in [0.25, 0.3) is 0 Å². The Morgan fingerprint density at radius 3 is 2.56 bits per heavy atom. The van der Waals surface area contributed by atoms with E-state index in [2.05, 4.69) is 20.8 Å². The minimum Gasteiger partial charge on any atom is -0.393 e. The Hall–Kier alpha value is -0.0400. The molecule has 1 nitrogen and oxygen atoms in total. The highest BCUT2D eigenvalue weighted by Gasteiger charge is 2.57. The molecule has 0 heterocycles. The first-order valence-corrected chi connectivity index (χ1v) is 11.7. The summed E-state index contributed by atoms with van der Waals surface area (Å²) in [5, 5.41) is 10.1. The molecule has 4 saturated carbocycles. The summed E-state index contributed by atoms with van der Waals surface area (Å²) in [6.07, 6.45) is 16.7. The van der Waals surface area contributed by atoms with Crippen molar-refractivity contribution < 1.29 is 5.11 Å². The summed E-state index contributed by atoms with van der Waals surface area (Å²) in [6.45, 7) is 7.61. The van der Waals surface area contributed by atoms with Gasteiger partial charge in [0.2, 0.25) is 0 Å². The first-order chi connectivity index (χ1) is 12.0. The SMILES string of the molecule is CCCC[C@@H](C)[C@H]1CCC2C3CC[C@@H]4C[C@@H](O)CC[C@@H]4C3CC[C@@]21C. The summed E-state index contributed by atoms with van der Waals surface area (Å²) < 4.78 is 0. The maximum atomic E-state index is 10.1. The van der Waals surface area contributed by atoms with Crippen LogP contribution >= 0.6 is 0 Å². The molecule has 4 aliphatic carbocycles. The predicted octanol–water partition coefficient (Wildman–Crippen LogP) is 6.44. The molecular weight excluding hydrogens is 304 g/mol. The van der Waals surface area contributed by atoms with Gasteiger partial charge in [0.25, 0.3) is 0 Å². The van der Waals surface area contributed by atoms with Crippen LogP contribution in [0.4, 0.5) is 0 Å². The molecular formula is C24H42O. The molecule has 0 spiro atoms. The molecule has 1 N–H and O–H groups in total. The molecule has 9 atom stereocenters. The largest absolute Gasteiger partial charge is 0.393 e. The van der Waals surface area contributed by atoms with E-state index < -0.39 is 0 Å². The van der Waals surface area contributed by atoms with Crippen LogP contribution in [0.5, 0.6) is 0 Å². The van der Waals surface area contributed by atoms with Crippen molar-refractivity contribution in [1.82, 2.24) is 0 Å². The smallest absolute Gasteiger partial charge is 0.0543 e. The van der Waals surface area contributed by atoms with Crippen molar-refractivity contribution in [2.75, 3.05) is 0 Å². The number of hydrogen-bond acceptors (Lipinski definition) is 1. The summed E-state index contributed by atoms with van der Waals surface area (Å²) in [7, 11) is 0. The zero-order valence-corrected chi connectivity index (χ0v) is 17.1. The van der Waals surface area contributed by atoms with E-state index in [9.17, 15) is 5.11 Å². The molecule has 0 aromatic rings. The van der Waals surface area contributed by atoms with Crippen molar-refractivity contribution in [2.45, 2.75) is 104 Å². The lowest BCUT2D eigenvalue weighted by Crippen LogP contribution is -2.49. The van der Waals surface area contributed by atoms with Gasteiger partial charge >= 0.3 is 0 Å². The van der Waals surface area contributed by atoms with Crippen molar-refractivity contribution in [3.8, 4) is 0 Å². The van der Waals surface area contributed by atoms with E-state index in [1.165, 1.54) is 64.2 Å². The molecule has 0 aromatic carbocycles. The van der Waals surface area contributed by atoms with Gasteiger partial charge in [0.1, 0.15) is 0 Å². The molecule has 25 heavy (non-hydrogen) atoms. The predicted molar refractivity (Wildman–Crippen MR) is 105 cm³/mol. The molecule has 144 valence electrons. The van der Waals surface area contributed by atoms with Gasteiger partial charge in [-0.25, -0.2) is 0 Å². The van der Waals surface area contributed by atoms with Gasteiger partial charge in [0.15, 0.2) is 0 Å². The maximum absolute atomic E-state index is 10.1. The summed E-state index contributed by atoms with van der Waals surface area (Å²) in [4.78, 5) is 0. The van der Waals surface area contributed by atoms with Crippen LogP contribution in [0.1, 0.15) is 97.8 Å². The summed E-state index contributed by atoms with van der Waals surface area (Å²) in [5.74, 6) is 6.81. The van der Waals surface area contributed by atoms with Crippen LogP contribution in [0, 0.1) is 46.8 Å². The van der Waals surface area contributed by atoms with Gasteiger partial charge in [-0.1, -0.05) is 40.0 Å². The lowest BCUT2D eigenvalue weighted by atomic mass is 9.49. The van der Waals surface area contributed by atoms with E-state index in [-0.39, 0.29) is 6.10 Å². The van der Waals surface area contributed by atoms with Crippen molar-refractivity contribution >= 4 is 0 Å². The van der Waals surface area contributed by atoms with Gasteiger partial charge in [-0.3, -0.25) is 0 Å². The average molecular weight is 347 g/mol. The minimum atomic E-state index is 0.0157. The van der Waals surface area contributed by atoms with Gasteiger partial charge in [-0.15, -0.1) is 0 Å². The Labute approximate surface area is 156 Å². The number of unbranched alkanes of at least 4 members (excludes halogenated alkanes) is 1. The Balaban J connectivity index is 1.48. The first kappa shape index (κ1) is 18.3. The monoisotopic (exact) mass is 346 g/mol. The van der Waals surface area contributed by atoms with Crippen LogP contribution in [-0.4, -0.2) is 11.2 Å². The molecule has 0 aromatic heterocycles. The summed E-state index contributed by atoms with van der Waals surface area (Å²) in [5.41, 5.74) is 0.648. The third-order valence-electron chi connectivity index (χ3n) is 9.70. The van der Waals surface area contributed by atoms with Crippen molar-refractivity contribution in [1.29, 1.82) is 0 Å². The van der Waals surface area contributed by atoms with Gasteiger partial charge in [0.05, 0.1) is 6.10 Å². The molecule has 4 rings (SSSR count). The molecule has 0 radical (unpaired) electrons. The van der Waals surface area contributed by atoms with E-state index in [4.69, 9.17) is 0 Å². The van der Waals surface area contributed by atoms with Crippen LogP contribution in [0.2, 0.25) is 0 Å². The average Bonchev–Trinajstić information content (AvgIpc) is 2.96. The van der Waals surface area contributed by atoms with Gasteiger partial charge in [0, 0.05) is 0 Å². The second kappa shape index (κ2) is 7.17. The number of fused-ring (bicyclic) bond motifs is 5. The van der Waals surface area contributed by atoms with Crippen molar-refractivity contribution in [2.24, 2.45) is 46.8 Å². The van der Waals surface area contributed by atoms with Gasteiger partial charge in [-0.2, -0.15) is 0 Å². The van der Waals surface area contributed by atoms with Crippen LogP contribution in [-0.2, 0) is 0 Å². The highest BCUT2D eigenvalue weighted by Crippen LogP contribution is 2.65. The maximum Gasteiger partial charge on any atom is 0.0543 e. The number of rotatable bonds is 4. The third kappa shape index (κ3) is 3.11. The first-order valence-electron chi connectivity index (χ1n) is 11.7. The topological polar surface area (TPSA) is 20.2 Å². The van der Waals surface area contributed by atoms with Crippen LogP contribution in [0.3, 0.4) is 0 Å². The molecule has 0 amide bonds. The fraction of sp³-hybridized carbons (Fsp3) is 1.00. The molecule has 0 bridgehead atoms. The standard InChI is InChI=1S/C24H42O/c1-4-5-6-16(2)22-11-12-23-21-9-7-17-15-18(25)8-10-19(17)20(21)13-14-24(22,23)3/h16-23,25H,4-15H2,1-3H3/t16-,17-,18+,19+,20?,21?,22-,23?,24-/m1/s1. The van der Waals surface area contributed by atoms with Crippen molar-refractivity contribution in [3.05, 3.63) is 0 Å². The van der Waals surface area contributed by atoms with Gasteiger partial charge in [-0.05, 0) is 105 Å². The Kier molecular flexibility index (Phi) is 5.26. The third-order valence-corrected chi connectivity index (χ3v) is 9.70. The van der Waals surface area contributed by atoms with Gasteiger partial charge < -0.3 is 5.11 Å².